The van der Waals surface area contributed by atoms with Crippen molar-refractivity contribution in [2.75, 3.05) is 0 Å². The average molecular weight is 386 g/mol. The van der Waals surface area contributed by atoms with E-state index in [1.54, 1.807) is 18.2 Å². The molecule has 0 spiro atoms. The molecule has 0 aromatic heterocycles. The summed E-state index contributed by atoms with van der Waals surface area (Å²) < 4.78 is 27.4. The van der Waals surface area contributed by atoms with Gasteiger partial charge in [-0.15, -0.1) is 0 Å². The number of nitrogens with one attached hydrogen (secondary N) is 1. The van der Waals surface area contributed by atoms with E-state index in [0.29, 0.717) is 22.2 Å². The second-order valence-corrected chi connectivity index (χ2v) is 8.26. The molecule has 0 aliphatic heterocycles. The monoisotopic (exact) mass is 385 g/mol. The first-order valence-corrected chi connectivity index (χ1v) is 10.3. The summed E-state index contributed by atoms with van der Waals surface area (Å²) in [7, 11) is -3.46. The van der Waals surface area contributed by atoms with E-state index in [1.807, 2.05) is 0 Å². The lowest BCUT2D eigenvalue weighted by Gasteiger charge is -2.12. The van der Waals surface area contributed by atoms with Crippen LogP contribution in [0.3, 0.4) is 0 Å². The minimum Gasteiger partial charge on any atom is -0.212 e. The van der Waals surface area contributed by atoms with Crippen LogP contribution in [0.2, 0.25) is 10.0 Å². The molecule has 0 radical (unpaired) electrons. The maximum absolute atomic E-state index is 12.3. The van der Waals surface area contributed by atoms with Gasteiger partial charge in [0.1, 0.15) is 0 Å². The molecule has 0 unspecified atom stereocenters. The van der Waals surface area contributed by atoms with Crippen LogP contribution in [0, 0.1) is 0 Å². The topological polar surface area (TPSA) is 46.2 Å². The van der Waals surface area contributed by atoms with E-state index < -0.39 is 10.0 Å². The first-order valence-electron chi connectivity index (χ1n) is 7.86. The molecule has 0 bridgehead atoms. The van der Waals surface area contributed by atoms with E-state index in [1.165, 1.54) is 5.56 Å². The highest BCUT2D eigenvalue weighted by Gasteiger charge is 2.13. The molecule has 1 N–H and O–H groups in total. The largest absolute Gasteiger partial charge is 0.216 e. The Morgan fingerprint density at radius 3 is 2.21 bits per heavy atom. The lowest BCUT2D eigenvalue weighted by molar-refractivity contribution is 0.580. The van der Waals surface area contributed by atoms with Crippen LogP contribution in [0.4, 0.5) is 0 Å². The third-order valence-electron chi connectivity index (χ3n) is 3.88. The molecule has 0 heterocycles. The lowest BCUT2D eigenvalue weighted by atomic mass is 10.0. The highest BCUT2D eigenvalue weighted by atomic mass is 35.5. The second-order valence-electron chi connectivity index (χ2n) is 5.64. The molecule has 0 saturated carbocycles. The molecule has 2 rings (SSSR count). The zero-order valence-corrected chi connectivity index (χ0v) is 16.1. The van der Waals surface area contributed by atoms with Crippen molar-refractivity contribution in [2.45, 2.75) is 39.0 Å². The fourth-order valence-corrected chi connectivity index (χ4v) is 3.91. The minimum atomic E-state index is -3.46. The summed E-state index contributed by atoms with van der Waals surface area (Å²) in [6.07, 6.45) is 1.79. The summed E-state index contributed by atoms with van der Waals surface area (Å²) in [6.45, 7) is 4.44. The summed E-state index contributed by atoms with van der Waals surface area (Å²) in [5.41, 5.74) is 3.99. The average Bonchev–Trinajstić information content (AvgIpc) is 2.56. The Kier molecular flexibility index (Phi) is 6.70. The predicted octanol–water partition coefficient (Wildman–Crippen LogP) is 4.74. The Morgan fingerprint density at radius 2 is 1.58 bits per heavy atom. The molecule has 0 amide bonds. The summed E-state index contributed by atoms with van der Waals surface area (Å²) >= 11 is 11.8. The normalized spacial score (nSPS) is 11.7. The van der Waals surface area contributed by atoms with Gasteiger partial charge in [-0.1, -0.05) is 61.3 Å². The van der Waals surface area contributed by atoms with Crippen LogP contribution in [0.5, 0.6) is 0 Å². The molecule has 24 heavy (non-hydrogen) atoms. The molecular formula is C18H21Cl2NO2S. The Hall–Kier alpha value is -1.07. The highest BCUT2D eigenvalue weighted by molar-refractivity contribution is 7.88. The van der Waals surface area contributed by atoms with E-state index in [-0.39, 0.29) is 5.75 Å². The number of hydrogen-bond acceptors (Lipinski definition) is 2. The van der Waals surface area contributed by atoms with Crippen molar-refractivity contribution in [3.05, 3.63) is 68.7 Å². The highest BCUT2D eigenvalue weighted by Crippen LogP contribution is 2.23. The van der Waals surface area contributed by atoms with Gasteiger partial charge in [-0.05, 0) is 47.2 Å². The van der Waals surface area contributed by atoms with Gasteiger partial charge in [-0.2, -0.15) is 0 Å². The van der Waals surface area contributed by atoms with Crippen molar-refractivity contribution in [3.63, 3.8) is 0 Å². The first kappa shape index (κ1) is 19.3. The van der Waals surface area contributed by atoms with Crippen LogP contribution in [0.15, 0.2) is 36.4 Å². The molecule has 0 aliphatic rings. The number of benzene rings is 2. The first-order chi connectivity index (χ1) is 11.3. The Morgan fingerprint density at radius 1 is 0.875 bits per heavy atom. The maximum Gasteiger partial charge on any atom is 0.216 e. The maximum atomic E-state index is 12.3. The van der Waals surface area contributed by atoms with Gasteiger partial charge < -0.3 is 0 Å². The van der Waals surface area contributed by atoms with Gasteiger partial charge in [0.05, 0.1) is 15.8 Å². The third-order valence-corrected chi connectivity index (χ3v) is 5.92. The Balaban J connectivity index is 2.11. The Bertz CT molecular complexity index is 820. The molecular weight excluding hydrogens is 365 g/mol. The van der Waals surface area contributed by atoms with Crippen LogP contribution in [0.25, 0.3) is 0 Å². The van der Waals surface area contributed by atoms with Crippen molar-refractivity contribution in [1.29, 1.82) is 0 Å². The van der Waals surface area contributed by atoms with Crippen LogP contribution in [0.1, 0.15) is 36.1 Å². The SMILES string of the molecule is CCc1ccc(CC)c(CNS(=O)(=O)Cc2ccc(Cl)c(Cl)c2)c1. The molecule has 0 fully saturated rings. The van der Waals surface area contributed by atoms with Gasteiger partial charge in [0, 0.05) is 6.54 Å². The molecule has 0 atom stereocenters. The van der Waals surface area contributed by atoms with E-state index in [9.17, 15) is 8.42 Å². The second kappa shape index (κ2) is 8.34. The summed E-state index contributed by atoms with van der Waals surface area (Å²) in [6, 6.07) is 11.1. The van der Waals surface area contributed by atoms with Crippen molar-refractivity contribution in [1.82, 2.24) is 4.72 Å². The third kappa shape index (κ3) is 5.21. The zero-order chi connectivity index (χ0) is 17.7. The number of aryl methyl sites for hydroxylation is 2. The van der Waals surface area contributed by atoms with Crippen molar-refractivity contribution in [3.8, 4) is 0 Å². The lowest BCUT2D eigenvalue weighted by Crippen LogP contribution is -2.25. The number of halogens is 2. The summed E-state index contributed by atoms with van der Waals surface area (Å²) in [4.78, 5) is 0. The van der Waals surface area contributed by atoms with E-state index in [4.69, 9.17) is 23.2 Å². The molecule has 2 aromatic rings. The van der Waals surface area contributed by atoms with E-state index in [0.717, 1.165) is 24.0 Å². The standard InChI is InChI=1S/C18H21Cl2NO2S/c1-3-13-5-7-15(4-2)16(9-13)11-21-24(22,23)12-14-6-8-17(19)18(20)10-14/h5-10,21H,3-4,11-12H2,1-2H3. The van der Waals surface area contributed by atoms with Gasteiger partial charge in [0.15, 0.2) is 0 Å². The molecule has 0 saturated heterocycles. The van der Waals surface area contributed by atoms with E-state index >= 15 is 0 Å². The van der Waals surface area contributed by atoms with Crippen LogP contribution < -0.4 is 4.72 Å². The van der Waals surface area contributed by atoms with Crippen LogP contribution in [-0.4, -0.2) is 8.42 Å². The van der Waals surface area contributed by atoms with E-state index in [2.05, 4.69) is 36.8 Å². The quantitative estimate of drug-likeness (QED) is 0.747. The van der Waals surface area contributed by atoms with Gasteiger partial charge in [-0.3, -0.25) is 0 Å². The number of rotatable bonds is 7. The van der Waals surface area contributed by atoms with Gasteiger partial charge in [0.2, 0.25) is 10.0 Å². The molecule has 0 aliphatic carbocycles. The van der Waals surface area contributed by atoms with Gasteiger partial charge in [-0.25, -0.2) is 13.1 Å². The molecule has 6 heteroatoms. The molecule has 130 valence electrons. The zero-order valence-electron chi connectivity index (χ0n) is 13.8. The van der Waals surface area contributed by atoms with Gasteiger partial charge in [0.25, 0.3) is 0 Å². The molecule has 2 aromatic carbocycles. The Labute approximate surface area is 154 Å². The fraction of sp³-hybridized carbons (Fsp3) is 0.333. The minimum absolute atomic E-state index is 0.126. The predicted molar refractivity (Wildman–Crippen MR) is 101 cm³/mol. The van der Waals surface area contributed by atoms with Gasteiger partial charge >= 0.3 is 0 Å². The summed E-state index contributed by atoms with van der Waals surface area (Å²) in [5.74, 6) is -0.126. The van der Waals surface area contributed by atoms with Crippen LogP contribution in [-0.2, 0) is 35.2 Å². The number of hydrogen-bond donors (Lipinski definition) is 1. The van der Waals surface area contributed by atoms with Crippen molar-refractivity contribution in [2.24, 2.45) is 0 Å². The smallest absolute Gasteiger partial charge is 0.212 e. The summed E-state index contributed by atoms with van der Waals surface area (Å²) in [5, 5.41) is 0.767. The molecule has 3 nitrogen and oxygen atoms in total. The fourth-order valence-electron chi connectivity index (χ4n) is 2.50. The van der Waals surface area contributed by atoms with Crippen LogP contribution >= 0.6 is 23.2 Å². The van der Waals surface area contributed by atoms with Crippen molar-refractivity contribution >= 4 is 33.2 Å². The van der Waals surface area contributed by atoms with Crippen molar-refractivity contribution < 1.29 is 8.42 Å². The number of sulfonamides is 1.